The van der Waals surface area contributed by atoms with Gasteiger partial charge in [-0.05, 0) is 41.9 Å². The molecule has 0 radical (unpaired) electrons. The molecule has 3 nitrogen and oxygen atoms in total. The lowest BCUT2D eigenvalue weighted by Gasteiger charge is -2.03. The Bertz CT molecular complexity index is 731. The predicted molar refractivity (Wildman–Crippen MR) is 83.7 cm³/mol. The van der Waals surface area contributed by atoms with Gasteiger partial charge in [-0.15, -0.1) is 5.10 Å². The standard InChI is InChI=1S/C13H7Cl2N3S2/c14-8-4-5-9(10(15)7-8)12-13(20-18-17-12)19-11-3-1-2-6-16-11/h1-7H. The topological polar surface area (TPSA) is 38.7 Å². The molecule has 0 atom stereocenters. The fraction of sp³-hybridized carbons (Fsp3) is 0. The Hall–Kier alpha value is -1.14. The number of pyridine rings is 1. The normalized spacial score (nSPS) is 10.7. The highest BCUT2D eigenvalue weighted by molar-refractivity contribution is 8.01. The number of nitrogens with zero attached hydrogens (tertiary/aromatic N) is 3. The summed E-state index contributed by atoms with van der Waals surface area (Å²) < 4.78 is 4.96. The van der Waals surface area contributed by atoms with Gasteiger partial charge in [-0.2, -0.15) is 0 Å². The minimum Gasteiger partial charge on any atom is -0.250 e. The lowest BCUT2D eigenvalue weighted by atomic mass is 10.2. The molecule has 3 rings (SSSR count). The van der Waals surface area contributed by atoms with Crippen LogP contribution < -0.4 is 0 Å². The second kappa shape index (κ2) is 6.10. The van der Waals surface area contributed by atoms with Gasteiger partial charge >= 0.3 is 0 Å². The molecule has 2 heterocycles. The van der Waals surface area contributed by atoms with Crippen LogP contribution in [0.5, 0.6) is 0 Å². The van der Waals surface area contributed by atoms with Crippen LogP contribution in [0.1, 0.15) is 0 Å². The van der Waals surface area contributed by atoms with E-state index in [-0.39, 0.29) is 0 Å². The average Bonchev–Trinajstić information content (AvgIpc) is 2.88. The van der Waals surface area contributed by atoms with Crippen molar-refractivity contribution >= 4 is 46.5 Å². The molecule has 20 heavy (non-hydrogen) atoms. The fourth-order valence-electron chi connectivity index (χ4n) is 1.60. The second-order valence-corrected chi connectivity index (χ2v) is 6.69. The van der Waals surface area contributed by atoms with Crippen LogP contribution in [0.25, 0.3) is 11.3 Å². The van der Waals surface area contributed by atoms with Crippen molar-refractivity contribution in [2.45, 2.75) is 9.24 Å². The summed E-state index contributed by atoms with van der Waals surface area (Å²) in [6, 6.07) is 11.1. The van der Waals surface area contributed by atoms with Gasteiger partial charge in [-0.25, -0.2) is 4.98 Å². The third-order valence-corrected chi connectivity index (χ3v) is 4.85. The van der Waals surface area contributed by atoms with E-state index in [0.29, 0.717) is 10.0 Å². The van der Waals surface area contributed by atoms with Crippen molar-refractivity contribution in [3.63, 3.8) is 0 Å². The highest BCUT2D eigenvalue weighted by Gasteiger charge is 2.15. The van der Waals surface area contributed by atoms with Crippen LogP contribution in [0, 0.1) is 0 Å². The van der Waals surface area contributed by atoms with Crippen molar-refractivity contribution < 1.29 is 0 Å². The lowest BCUT2D eigenvalue weighted by Crippen LogP contribution is -1.83. The molecule has 100 valence electrons. The zero-order valence-electron chi connectivity index (χ0n) is 9.96. The van der Waals surface area contributed by atoms with E-state index in [1.807, 2.05) is 24.3 Å². The summed E-state index contributed by atoms with van der Waals surface area (Å²) in [5.41, 5.74) is 1.58. The SMILES string of the molecule is Clc1ccc(-c2nnsc2Sc2ccccn2)c(Cl)c1. The van der Waals surface area contributed by atoms with Crippen LogP contribution in [0.15, 0.2) is 51.8 Å². The number of rotatable bonds is 3. The van der Waals surface area contributed by atoms with Gasteiger partial charge in [0, 0.05) is 16.8 Å². The van der Waals surface area contributed by atoms with E-state index in [9.17, 15) is 0 Å². The maximum Gasteiger partial charge on any atom is 0.121 e. The Kier molecular flexibility index (Phi) is 4.21. The molecule has 0 fully saturated rings. The summed E-state index contributed by atoms with van der Waals surface area (Å²) in [5.74, 6) is 0. The number of benzene rings is 1. The van der Waals surface area contributed by atoms with Crippen molar-refractivity contribution in [3.8, 4) is 11.3 Å². The van der Waals surface area contributed by atoms with E-state index < -0.39 is 0 Å². The Morgan fingerprint density at radius 3 is 2.75 bits per heavy atom. The Morgan fingerprint density at radius 1 is 1.10 bits per heavy atom. The fourth-order valence-corrected chi connectivity index (χ4v) is 3.73. The van der Waals surface area contributed by atoms with Crippen molar-refractivity contribution in [3.05, 3.63) is 52.6 Å². The molecule has 1 aromatic carbocycles. The van der Waals surface area contributed by atoms with Crippen molar-refractivity contribution in [2.24, 2.45) is 0 Å². The molecule has 0 spiro atoms. The minimum absolute atomic E-state index is 0.563. The molecule has 0 saturated carbocycles. The maximum atomic E-state index is 6.22. The van der Waals surface area contributed by atoms with Gasteiger partial charge in [-0.3, -0.25) is 0 Å². The molecule has 0 aliphatic rings. The van der Waals surface area contributed by atoms with Crippen LogP contribution >= 0.6 is 46.5 Å². The Labute approximate surface area is 134 Å². The monoisotopic (exact) mass is 339 g/mol. The van der Waals surface area contributed by atoms with Gasteiger partial charge in [0.15, 0.2) is 0 Å². The van der Waals surface area contributed by atoms with E-state index in [1.54, 1.807) is 18.3 Å². The van der Waals surface area contributed by atoms with Crippen LogP contribution in [0.4, 0.5) is 0 Å². The Balaban J connectivity index is 1.98. The number of aromatic nitrogens is 3. The van der Waals surface area contributed by atoms with Crippen molar-refractivity contribution in [1.29, 1.82) is 0 Å². The first kappa shape index (κ1) is 13.8. The lowest BCUT2D eigenvalue weighted by molar-refractivity contribution is 1.13. The minimum atomic E-state index is 0.563. The molecular formula is C13H7Cl2N3S2. The summed E-state index contributed by atoms with van der Waals surface area (Å²) in [4.78, 5) is 4.28. The van der Waals surface area contributed by atoms with E-state index in [0.717, 1.165) is 20.5 Å². The highest BCUT2D eigenvalue weighted by atomic mass is 35.5. The highest BCUT2D eigenvalue weighted by Crippen LogP contribution is 2.39. The number of halogens is 2. The smallest absolute Gasteiger partial charge is 0.121 e. The number of hydrogen-bond acceptors (Lipinski definition) is 5. The Morgan fingerprint density at radius 2 is 2.00 bits per heavy atom. The number of hydrogen-bond donors (Lipinski definition) is 0. The molecule has 0 aliphatic carbocycles. The zero-order chi connectivity index (χ0) is 13.9. The van der Waals surface area contributed by atoms with Gasteiger partial charge in [0.2, 0.25) is 0 Å². The van der Waals surface area contributed by atoms with Gasteiger partial charge in [-0.1, -0.05) is 45.5 Å². The van der Waals surface area contributed by atoms with Crippen LogP contribution in [0.3, 0.4) is 0 Å². The van der Waals surface area contributed by atoms with E-state index in [2.05, 4.69) is 14.6 Å². The van der Waals surface area contributed by atoms with E-state index in [4.69, 9.17) is 23.2 Å². The molecule has 0 amide bonds. The third kappa shape index (κ3) is 2.96. The van der Waals surface area contributed by atoms with Crippen LogP contribution in [0.2, 0.25) is 10.0 Å². The molecule has 2 aromatic heterocycles. The van der Waals surface area contributed by atoms with Crippen molar-refractivity contribution in [1.82, 2.24) is 14.6 Å². The van der Waals surface area contributed by atoms with E-state index >= 15 is 0 Å². The molecule has 0 N–H and O–H groups in total. The second-order valence-electron chi connectivity index (χ2n) is 3.80. The summed E-state index contributed by atoms with van der Waals surface area (Å²) in [6.45, 7) is 0. The molecule has 7 heteroatoms. The van der Waals surface area contributed by atoms with Gasteiger partial charge in [0.1, 0.15) is 14.9 Å². The first-order valence-electron chi connectivity index (χ1n) is 5.61. The van der Waals surface area contributed by atoms with Crippen molar-refractivity contribution in [2.75, 3.05) is 0 Å². The van der Waals surface area contributed by atoms with Crippen LogP contribution in [-0.4, -0.2) is 14.6 Å². The molecule has 0 saturated heterocycles. The third-order valence-electron chi connectivity index (χ3n) is 2.48. The largest absolute Gasteiger partial charge is 0.250 e. The zero-order valence-corrected chi connectivity index (χ0v) is 13.1. The van der Waals surface area contributed by atoms with Crippen LogP contribution in [-0.2, 0) is 0 Å². The van der Waals surface area contributed by atoms with E-state index in [1.165, 1.54) is 23.3 Å². The molecule has 3 aromatic rings. The van der Waals surface area contributed by atoms with Gasteiger partial charge < -0.3 is 0 Å². The summed E-state index contributed by atoms with van der Waals surface area (Å²) >= 11 is 15.0. The van der Waals surface area contributed by atoms with Gasteiger partial charge in [0.05, 0.1) is 5.02 Å². The first-order chi connectivity index (χ1) is 9.74. The van der Waals surface area contributed by atoms with Gasteiger partial charge in [0.25, 0.3) is 0 Å². The average molecular weight is 340 g/mol. The maximum absolute atomic E-state index is 6.22. The first-order valence-corrected chi connectivity index (χ1v) is 7.95. The molecular weight excluding hydrogens is 333 g/mol. The molecule has 0 bridgehead atoms. The summed E-state index contributed by atoms with van der Waals surface area (Å²) in [5, 5.41) is 6.22. The molecule has 0 aliphatic heterocycles. The quantitative estimate of drug-likeness (QED) is 0.668. The predicted octanol–water partition coefficient (Wildman–Crippen LogP) is 5.06. The summed E-state index contributed by atoms with van der Waals surface area (Å²) in [6.07, 6.45) is 1.76. The molecule has 0 unspecified atom stereocenters. The summed E-state index contributed by atoms with van der Waals surface area (Å²) in [7, 11) is 0.